The minimum Gasteiger partial charge on any atom is -0.488 e. The SMILES string of the molecule is CC(C)NCc1ccccc1COc1ccc(Cl)cc1Br. The quantitative estimate of drug-likeness (QED) is 0.758. The van der Waals surface area contributed by atoms with Crippen LogP contribution in [-0.4, -0.2) is 6.04 Å². The van der Waals surface area contributed by atoms with Crippen molar-refractivity contribution in [3.8, 4) is 5.75 Å². The van der Waals surface area contributed by atoms with E-state index in [0.29, 0.717) is 17.7 Å². The second kappa shape index (κ2) is 7.83. The van der Waals surface area contributed by atoms with E-state index in [0.717, 1.165) is 16.8 Å². The summed E-state index contributed by atoms with van der Waals surface area (Å²) in [4.78, 5) is 0. The lowest BCUT2D eigenvalue weighted by atomic mass is 10.1. The molecular weight excluding hydrogens is 350 g/mol. The Morgan fingerprint density at radius 1 is 1.14 bits per heavy atom. The van der Waals surface area contributed by atoms with E-state index in [1.54, 1.807) is 0 Å². The smallest absolute Gasteiger partial charge is 0.134 e. The van der Waals surface area contributed by atoms with Crippen molar-refractivity contribution in [3.05, 3.63) is 63.1 Å². The van der Waals surface area contributed by atoms with Gasteiger partial charge in [0.25, 0.3) is 0 Å². The highest BCUT2D eigenvalue weighted by molar-refractivity contribution is 9.10. The lowest BCUT2D eigenvalue weighted by molar-refractivity contribution is 0.302. The van der Waals surface area contributed by atoms with Crippen LogP contribution in [0.2, 0.25) is 5.02 Å². The molecule has 1 N–H and O–H groups in total. The van der Waals surface area contributed by atoms with Crippen LogP contribution in [0, 0.1) is 0 Å². The average Bonchev–Trinajstić information content (AvgIpc) is 2.45. The Labute approximate surface area is 139 Å². The molecule has 0 saturated carbocycles. The zero-order valence-corrected chi connectivity index (χ0v) is 14.5. The van der Waals surface area contributed by atoms with E-state index >= 15 is 0 Å². The van der Waals surface area contributed by atoms with Gasteiger partial charge >= 0.3 is 0 Å². The molecule has 0 aliphatic rings. The van der Waals surface area contributed by atoms with Gasteiger partial charge in [-0.15, -0.1) is 0 Å². The van der Waals surface area contributed by atoms with E-state index in [-0.39, 0.29) is 0 Å². The van der Waals surface area contributed by atoms with Crippen LogP contribution < -0.4 is 10.1 Å². The van der Waals surface area contributed by atoms with Crippen molar-refractivity contribution in [2.24, 2.45) is 0 Å². The summed E-state index contributed by atoms with van der Waals surface area (Å²) in [5, 5.41) is 4.13. The molecule has 2 aromatic carbocycles. The zero-order valence-electron chi connectivity index (χ0n) is 12.2. The predicted octanol–water partition coefficient (Wildman–Crippen LogP) is 5.18. The molecule has 0 spiro atoms. The van der Waals surface area contributed by atoms with Gasteiger partial charge in [0, 0.05) is 17.6 Å². The molecule has 0 atom stereocenters. The molecule has 0 aliphatic heterocycles. The number of hydrogen-bond acceptors (Lipinski definition) is 2. The molecule has 0 fully saturated rings. The maximum Gasteiger partial charge on any atom is 0.134 e. The summed E-state index contributed by atoms with van der Waals surface area (Å²) in [5.74, 6) is 0.797. The first-order chi connectivity index (χ1) is 10.1. The molecular formula is C17H19BrClNO. The number of halogens is 2. The van der Waals surface area contributed by atoms with Gasteiger partial charge in [-0.3, -0.25) is 0 Å². The molecule has 0 aromatic heterocycles. The van der Waals surface area contributed by atoms with Gasteiger partial charge in [-0.25, -0.2) is 0 Å². The molecule has 2 rings (SSSR count). The van der Waals surface area contributed by atoms with E-state index in [1.165, 1.54) is 11.1 Å². The van der Waals surface area contributed by atoms with Crippen LogP contribution in [0.3, 0.4) is 0 Å². The third-order valence-electron chi connectivity index (χ3n) is 3.10. The fourth-order valence-electron chi connectivity index (χ4n) is 1.93. The molecule has 2 nitrogen and oxygen atoms in total. The Morgan fingerprint density at radius 2 is 1.86 bits per heavy atom. The Morgan fingerprint density at radius 3 is 2.52 bits per heavy atom. The molecule has 0 heterocycles. The second-order valence-corrected chi connectivity index (χ2v) is 6.46. The van der Waals surface area contributed by atoms with Crippen LogP contribution in [0.15, 0.2) is 46.9 Å². The van der Waals surface area contributed by atoms with E-state index in [2.05, 4.69) is 53.3 Å². The standard InChI is InChI=1S/C17H19BrClNO/c1-12(2)20-10-13-5-3-4-6-14(13)11-21-17-8-7-15(19)9-16(17)18/h3-9,12,20H,10-11H2,1-2H3. The Bertz CT molecular complexity index is 601. The van der Waals surface area contributed by atoms with Crippen LogP contribution >= 0.6 is 27.5 Å². The highest BCUT2D eigenvalue weighted by Gasteiger charge is 2.06. The van der Waals surface area contributed by atoms with Crippen molar-refractivity contribution < 1.29 is 4.74 Å². The van der Waals surface area contributed by atoms with Gasteiger partial charge in [0.15, 0.2) is 0 Å². The lowest BCUT2D eigenvalue weighted by Crippen LogP contribution is -2.22. The van der Waals surface area contributed by atoms with E-state index < -0.39 is 0 Å². The van der Waals surface area contributed by atoms with Gasteiger partial charge in [-0.1, -0.05) is 49.7 Å². The summed E-state index contributed by atoms with van der Waals surface area (Å²) in [5.41, 5.74) is 2.45. The van der Waals surface area contributed by atoms with Crippen molar-refractivity contribution >= 4 is 27.5 Å². The molecule has 0 saturated heterocycles. The first-order valence-electron chi connectivity index (χ1n) is 6.94. The fourth-order valence-corrected chi connectivity index (χ4v) is 2.73. The highest BCUT2D eigenvalue weighted by atomic mass is 79.9. The number of benzene rings is 2. The van der Waals surface area contributed by atoms with Gasteiger partial charge in [-0.05, 0) is 45.3 Å². The fraction of sp³-hybridized carbons (Fsp3) is 0.294. The average molecular weight is 369 g/mol. The van der Waals surface area contributed by atoms with Crippen molar-refractivity contribution in [2.75, 3.05) is 0 Å². The largest absolute Gasteiger partial charge is 0.488 e. The Hall–Kier alpha value is -1.03. The molecule has 0 radical (unpaired) electrons. The molecule has 0 amide bonds. The minimum absolute atomic E-state index is 0.462. The topological polar surface area (TPSA) is 21.3 Å². The number of nitrogens with one attached hydrogen (secondary N) is 1. The van der Waals surface area contributed by atoms with Crippen LogP contribution in [0.1, 0.15) is 25.0 Å². The maximum absolute atomic E-state index is 5.94. The van der Waals surface area contributed by atoms with E-state index in [4.69, 9.17) is 16.3 Å². The van der Waals surface area contributed by atoms with Gasteiger partial charge in [-0.2, -0.15) is 0 Å². The second-order valence-electron chi connectivity index (χ2n) is 5.17. The van der Waals surface area contributed by atoms with E-state index in [9.17, 15) is 0 Å². The summed E-state index contributed by atoms with van der Waals surface area (Å²) in [7, 11) is 0. The van der Waals surface area contributed by atoms with Crippen molar-refractivity contribution in [3.63, 3.8) is 0 Å². The third kappa shape index (κ3) is 5.03. The molecule has 4 heteroatoms. The summed E-state index contributed by atoms with van der Waals surface area (Å²) < 4.78 is 6.76. The summed E-state index contributed by atoms with van der Waals surface area (Å²) >= 11 is 9.40. The van der Waals surface area contributed by atoms with Gasteiger partial charge in [0.05, 0.1) is 4.47 Å². The predicted molar refractivity (Wildman–Crippen MR) is 91.9 cm³/mol. The minimum atomic E-state index is 0.462. The van der Waals surface area contributed by atoms with Crippen molar-refractivity contribution in [1.82, 2.24) is 5.32 Å². The zero-order chi connectivity index (χ0) is 15.2. The Kier molecular flexibility index (Phi) is 6.09. The molecule has 0 bridgehead atoms. The van der Waals surface area contributed by atoms with Gasteiger partial charge in [0.1, 0.15) is 12.4 Å². The van der Waals surface area contributed by atoms with Crippen molar-refractivity contribution in [2.45, 2.75) is 33.0 Å². The first-order valence-corrected chi connectivity index (χ1v) is 8.11. The number of hydrogen-bond donors (Lipinski definition) is 1. The summed E-state index contributed by atoms with van der Waals surface area (Å²) in [6, 6.07) is 14.3. The number of rotatable bonds is 6. The summed E-state index contributed by atoms with van der Waals surface area (Å²) in [6.45, 7) is 5.67. The Balaban J connectivity index is 2.05. The third-order valence-corrected chi connectivity index (χ3v) is 3.95. The van der Waals surface area contributed by atoms with E-state index in [1.807, 2.05) is 24.3 Å². The van der Waals surface area contributed by atoms with Crippen LogP contribution in [0.4, 0.5) is 0 Å². The molecule has 0 unspecified atom stereocenters. The van der Waals surface area contributed by atoms with Gasteiger partial charge in [0.2, 0.25) is 0 Å². The molecule has 0 aliphatic carbocycles. The normalized spacial score (nSPS) is 10.9. The first kappa shape index (κ1) is 16.3. The van der Waals surface area contributed by atoms with Gasteiger partial charge < -0.3 is 10.1 Å². The highest BCUT2D eigenvalue weighted by Crippen LogP contribution is 2.28. The lowest BCUT2D eigenvalue weighted by Gasteiger charge is -2.14. The van der Waals surface area contributed by atoms with Crippen LogP contribution in [-0.2, 0) is 13.2 Å². The maximum atomic E-state index is 5.94. The van der Waals surface area contributed by atoms with Crippen LogP contribution in [0.5, 0.6) is 5.75 Å². The monoisotopic (exact) mass is 367 g/mol. The van der Waals surface area contributed by atoms with Crippen LogP contribution in [0.25, 0.3) is 0 Å². The summed E-state index contributed by atoms with van der Waals surface area (Å²) in [6.07, 6.45) is 0. The number of ether oxygens (including phenoxy) is 1. The van der Waals surface area contributed by atoms with Crippen molar-refractivity contribution in [1.29, 1.82) is 0 Å². The molecule has 21 heavy (non-hydrogen) atoms. The molecule has 112 valence electrons. The molecule has 2 aromatic rings.